The number of rotatable bonds is 3. The number of hydrogen-bond donors (Lipinski definition) is 1. The highest BCUT2D eigenvalue weighted by atomic mass is 127. The summed E-state index contributed by atoms with van der Waals surface area (Å²) in [5.41, 5.74) is 6.47. The fraction of sp³-hybridized carbons (Fsp3) is 0.0714. The van der Waals surface area contributed by atoms with E-state index in [0.717, 1.165) is 17.2 Å². The van der Waals surface area contributed by atoms with E-state index in [0.29, 0.717) is 5.17 Å². The molecule has 3 nitrogen and oxygen atoms in total. The first-order valence-electron chi connectivity index (χ1n) is 5.49. The average molecular weight is 386 g/mol. The molecule has 0 amide bonds. The third-order valence-electron chi connectivity index (χ3n) is 2.26. The van der Waals surface area contributed by atoms with Gasteiger partial charge in [-0.15, -0.1) is 24.0 Å². The molecule has 0 aromatic heterocycles. The van der Waals surface area contributed by atoms with Crippen molar-refractivity contribution in [2.24, 2.45) is 10.7 Å². The van der Waals surface area contributed by atoms with E-state index in [2.05, 4.69) is 4.99 Å². The number of ether oxygens (including phenoxy) is 1. The van der Waals surface area contributed by atoms with Crippen LogP contribution >= 0.6 is 35.7 Å². The van der Waals surface area contributed by atoms with Crippen LogP contribution in [0.2, 0.25) is 0 Å². The van der Waals surface area contributed by atoms with Crippen LogP contribution in [0.4, 0.5) is 5.69 Å². The Morgan fingerprint density at radius 3 is 2.16 bits per heavy atom. The van der Waals surface area contributed by atoms with Gasteiger partial charge in [-0.25, -0.2) is 4.99 Å². The molecule has 5 heteroatoms. The second kappa shape index (κ2) is 8.06. The van der Waals surface area contributed by atoms with Crippen LogP contribution in [0.5, 0.6) is 11.5 Å². The predicted molar refractivity (Wildman–Crippen MR) is 93.2 cm³/mol. The summed E-state index contributed by atoms with van der Waals surface area (Å²) in [5, 5.41) is 0.548. The zero-order chi connectivity index (χ0) is 12.8. The summed E-state index contributed by atoms with van der Waals surface area (Å²) in [6.07, 6.45) is 1.89. The lowest BCUT2D eigenvalue weighted by molar-refractivity contribution is 0.483. The number of para-hydroxylation sites is 1. The Bertz CT molecular complexity index is 529. The van der Waals surface area contributed by atoms with Crippen molar-refractivity contribution in [2.45, 2.75) is 0 Å². The van der Waals surface area contributed by atoms with Gasteiger partial charge in [-0.3, -0.25) is 0 Å². The van der Waals surface area contributed by atoms with E-state index in [1.165, 1.54) is 11.8 Å². The summed E-state index contributed by atoms with van der Waals surface area (Å²) in [4.78, 5) is 4.23. The number of benzene rings is 2. The highest BCUT2D eigenvalue weighted by Gasteiger charge is 1.97. The first kappa shape index (κ1) is 15.8. The topological polar surface area (TPSA) is 47.6 Å². The van der Waals surface area contributed by atoms with Crippen molar-refractivity contribution < 1.29 is 4.74 Å². The zero-order valence-corrected chi connectivity index (χ0v) is 13.6. The van der Waals surface area contributed by atoms with E-state index in [-0.39, 0.29) is 24.0 Å². The number of hydrogen-bond acceptors (Lipinski definition) is 3. The number of thioether (sulfide) groups is 1. The second-order valence-corrected chi connectivity index (χ2v) is 4.39. The van der Waals surface area contributed by atoms with E-state index >= 15 is 0 Å². The van der Waals surface area contributed by atoms with Gasteiger partial charge in [0, 0.05) is 0 Å². The summed E-state index contributed by atoms with van der Waals surface area (Å²) in [5.74, 6) is 1.60. The minimum atomic E-state index is 0. The van der Waals surface area contributed by atoms with Crippen LogP contribution in [0.1, 0.15) is 0 Å². The van der Waals surface area contributed by atoms with E-state index < -0.39 is 0 Å². The van der Waals surface area contributed by atoms with Gasteiger partial charge in [0.1, 0.15) is 11.5 Å². The maximum atomic E-state index is 5.68. The number of halogens is 1. The maximum Gasteiger partial charge on any atom is 0.158 e. The van der Waals surface area contributed by atoms with E-state index in [1.54, 1.807) is 0 Å². The number of nitrogens with zero attached hydrogens (tertiary/aromatic N) is 1. The fourth-order valence-corrected chi connectivity index (χ4v) is 1.58. The van der Waals surface area contributed by atoms with E-state index in [4.69, 9.17) is 10.5 Å². The Kier molecular flexibility index (Phi) is 6.72. The minimum Gasteiger partial charge on any atom is -0.457 e. The van der Waals surface area contributed by atoms with Crippen LogP contribution in [0, 0.1) is 0 Å². The number of amidine groups is 1. The zero-order valence-electron chi connectivity index (χ0n) is 10.4. The lowest BCUT2D eigenvalue weighted by Crippen LogP contribution is -2.03. The first-order chi connectivity index (χ1) is 8.78. The van der Waals surface area contributed by atoms with Crippen LogP contribution in [-0.2, 0) is 0 Å². The van der Waals surface area contributed by atoms with Crippen LogP contribution < -0.4 is 10.5 Å². The van der Waals surface area contributed by atoms with Crippen LogP contribution in [-0.4, -0.2) is 11.4 Å². The van der Waals surface area contributed by atoms with Crippen LogP contribution in [0.25, 0.3) is 0 Å². The average Bonchev–Trinajstić information content (AvgIpc) is 2.42. The van der Waals surface area contributed by atoms with Crippen molar-refractivity contribution >= 4 is 46.6 Å². The van der Waals surface area contributed by atoms with Crippen molar-refractivity contribution in [1.29, 1.82) is 0 Å². The van der Waals surface area contributed by atoms with Gasteiger partial charge in [0.15, 0.2) is 5.17 Å². The molecular formula is C14H15IN2OS. The molecular weight excluding hydrogens is 371 g/mol. The molecule has 100 valence electrons. The molecule has 0 saturated heterocycles. The van der Waals surface area contributed by atoms with E-state index in [9.17, 15) is 0 Å². The molecule has 2 aromatic carbocycles. The van der Waals surface area contributed by atoms with Crippen molar-refractivity contribution in [3.8, 4) is 11.5 Å². The maximum absolute atomic E-state index is 5.68. The quantitative estimate of drug-likeness (QED) is 0.483. The molecule has 2 rings (SSSR count). The van der Waals surface area contributed by atoms with Gasteiger partial charge in [-0.05, 0) is 42.7 Å². The number of aliphatic imine (C=N–C) groups is 1. The molecule has 0 saturated carbocycles. The van der Waals surface area contributed by atoms with E-state index in [1.807, 2.05) is 60.9 Å². The second-order valence-electron chi connectivity index (χ2n) is 3.56. The first-order valence-corrected chi connectivity index (χ1v) is 6.71. The lowest BCUT2D eigenvalue weighted by Gasteiger charge is -2.05. The summed E-state index contributed by atoms with van der Waals surface area (Å²) >= 11 is 1.42. The summed E-state index contributed by atoms with van der Waals surface area (Å²) in [6, 6.07) is 17.2. The van der Waals surface area contributed by atoms with Gasteiger partial charge < -0.3 is 10.5 Å². The molecule has 0 atom stereocenters. The Labute approximate surface area is 134 Å². The standard InChI is InChI=1S/C14H14N2OS.HI/c1-18-14(15)16-11-7-9-13(10-8-11)17-12-5-3-2-4-6-12;/h2-10H,1H3,(H2,15,16);1H. The molecule has 0 unspecified atom stereocenters. The lowest BCUT2D eigenvalue weighted by atomic mass is 10.3. The Balaban J connectivity index is 0.00000180. The largest absolute Gasteiger partial charge is 0.457 e. The van der Waals surface area contributed by atoms with Crippen LogP contribution in [0.15, 0.2) is 59.6 Å². The molecule has 2 aromatic rings. The summed E-state index contributed by atoms with van der Waals surface area (Å²) < 4.78 is 5.68. The molecule has 0 radical (unpaired) electrons. The normalized spacial score (nSPS) is 10.7. The van der Waals surface area contributed by atoms with Crippen LogP contribution in [0.3, 0.4) is 0 Å². The molecule has 0 aliphatic rings. The molecule has 0 heterocycles. The summed E-state index contributed by atoms with van der Waals surface area (Å²) in [6.45, 7) is 0. The Morgan fingerprint density at radius 2 is 1.58 bits per heavy atom. The van der Waals surface area contributed by atoms with Crippen molar-refractivity contribution in [3.05, 3.63) is 54.6 Å². The molecule has 0 bridgehead atoms. The van der Waals surface area contributed by atoms with Gasteiger partial charge in [0.25, 0.3) is 0 Å². The van der Waals surface area contributed by atoms with Crippen molar-refractivity contribution in [2.75, 3.05) is 6.26 Å². The third kappa shape index (κ3) is 5.12. The Hall–Kier alpha value is -1.21. The molecule has 0 aliphatic carbocycles. The van der Waals surface area contributed by atoms with Gasteiger partial charge in [0.05, 0.1) is 5.69 Å². The monoisotopic (exact) mass is 386 g/mol. The van der Waals surface area contributed by atoms with Gasteiger partial charge >= 0.3 is 0 Å². The predicted octanol–water partition coefficient (Wildman–Crippen LogP) is 4.41. The molecule has 0 spiro atoms. The number of nitrogens with two attached hydrogens (primary N) is 1. The molecule has 19 heavy (non-hydrogen) atoms. The Morgan fingerprint density at radius 1 is 1.00 bits per heavy atom. The van der Waals surface area contributed by atoms with Crippen molar-refractivity contribution in [1.82, 2.24) is 0 Å². The highest BCUT2D eigenvalue weighted by molar-refractivity contribution is 14.0. The molecule has 2 N–H and O–H groups in total. The minimum absolute atomic E-state index is 0. The smallest absolute Gasteiger partial charge is 0.158 e. The van der Waals surface area contributed by atoms with Crippen molar-refractivity contribution in [3.63, 3.8) is 0 Å². The third-order valence-corrected chi connectivity index (χ3v) is 2.77. The van der Waals surface area contributed by atoms with Gasteiger partial charge in [0.2, 0.25) is 0 Å². The molecule has 0 fully saturated rings. The SMILES string of the molecule is CSC(N)=Nc1ccc(Oc2ccccc2)cc1.I. The molecule has 0 aliphatic heterocycles. The van der Waals surface area contributed by atoms with Gasteiger partial charge in [-0.1, -0.05) is 30.0 Å². The highest BCUT2D eigenvalue weighted by Crippen LogP contribution is 2.23. The fourth-order valence-electron chi connectivity index (χ4n) is 1.39. The van der Waals surface area contributed by atoms with Gasteiger partial charge in [-0.2, -0.15) is 0 Å². The summed E-state index contributed by atoms with van der Waals surface area (Å²) in [7, 11) is 0.